The van der Waals surface area contributed by atoms with Crippen molar-refractivity contribution in [3.05, 3.63) is 84.1 Å². The van der Waals surface area contributed by atoms with Crippen LogP contribution in [0.3, 0.4) is 0 Å². The number of hydrogen-bond donors (Lipinski definition) is 1. The Bertz CT molecular complexity index is 934. The van der Waals surface area contributed by atoms with Crippen molar-refractivity contribution in [1.82, 2.24) is 4.98 Å². The zero-order valence-electron chi connectivity index (χ0n) is 16.5. The molecule has 3 rings (SSSR count). The first-order valence-corrected chi connectivity index (χ1v) is 10.3. The van der Waals surface area contributed by atoms with Crippen LogP contribution in [-0.2, 0) is 21.9 Å². The third-order valence-corrected chi connectivity index (χ3v) is 5.24. The van der Waals surface area contributed by atoms with Gasteiger partial charge >= 0.3 is 0 Å². The molecule has 0 spiro atoms. The van der Waals surface area contributed by atoms with E-state index in [9.17, 15) is 4.79 Å². The van der Waals surface area contributed by atoms with Crippen LogP contribution in [0.1, 0.15) is 18.1 Å². The molecule has 1 amide bonds. The van der Waals surface area contributed by atoms with Gasteiger partial charge in [0, 0.05) is 17.6 Å². The van der Waals surface area contributed by atoms with Gasteiger partial charge in [-0.15, -0.1) is 11.8 Å². The fourth-order valence-corrected chi connectivity index (χ4v) is 3.44. The van der Waals surface area contributed by atoms with E-state index in [2.05, 4.69) is 10.3 Å². The van der Waals surface area contributed by atoms with Crippen molar-refractivity contribution in [3.63, 3.8) is 0 Å². The summed E-state index contributed by atoms with van der Waals surface area (Å²) in [6.07, 6.45) is 1.21. The predicted octanol–water partition coefficient (Wildman–Crippen LogP) is 4.93. The Hall–Kier alpha value is -2.83. The molecule has 0 saturated heterocycles. The molecule has 150 valence electrons. The molecule has 1 aromatic heterocycles. The second-order valence-electron chi connectivity index (χ2n) is 6.45. The highest BCUT2D eigenvalue weighted by Gasteiger charge is 2.14. The largest absolute Gasteiger partial charge is 0.497 e. The zero-order chi connectivity index (χ0) is 20.5. The minimum absolute atomic E-state index is 0.178. The van der Waals surface area contributed by atoms with Gasteiger partial charge in [0.2, 0.25) is 0 Å². The molecule has 6 heteroatoms. The van der Waals surface area contributed by atoms with Crippen LogP contribution in [-0.4, -0.2) is 24.1 Å². The second kappa shape index (κ2) is 10.6. The molecule has 0 fully saturated rings. The van der Waals surface area contributed by atoms with Gasteiger partial charge in [0.1, 0.15) is 11.9 Å². The molecule has 0 aliphatic rings. The number of thioether (sulfide) groups is 1. The number of benzene rings is 2. The van der Waals surface area contributed by atoms with Gasteiger partial charge in [-0.3, -0.25) is 4.79 Å². The standard InChI is InChI=1S/C23H24N2O3S/c1-17(28-15-18-7-6-10-21(14-18)27-2)23(26)25-20-9-5-8-19(13-20)16-29-22-11-3-4-12-24-22/h3-14,17H,15-16H2,1-2H3,(H,25,26). The van der Waals surface area contributed by atoms with Crippen LogP contribution in [0, 0.1) is 0 Å². The number of amides is 1. The van der Waals surface area contributed by atoms with E-state index in [0.29, 0.717) is 6.61 Å². The van der Waals surface area contributed by atoms with Gasteiger partial charge in [-0.2, -0.15) is 0 Å². The molecule has 0 saturated carbocycles. The van der Waals surface area contributed by atoms with E-state index in [1.165, 1.54) is 0 Å². The number of anilines is 1. The van der Waals surface area contributed by atoms with Crippen LogP contribution in [0.2, 0.25) is 0 Å². The lowest BCUT2D eigenvalue weighted by Crippen LogP contribution is -2.27. The summed E-state index contributed by atoms with van der Waals surface area (Å²) in [5.41, 5.74) is 2.83. The Morgan fingerprint density at radius 1 is 1.07 bits per heavy atom. The predicted molar refractivity (Wildman–Crippen MR) is 116 cm³/mol. The number of pyridine rings is 1. The lowest BCUT2D eigenvalue weighted by molar-refractivity contribution is -0.127. The maximum atomic E-state index is 12.5. The average Bonchev–Trinajstić information content (AvgIpc) is 2.77. The highest BCUT2D eigenvalue weighted by molar-refractivity contribution is 7.98. The van der Waals surface area contributed by atoms with Crippen LogP contribution in [0.4, 0.5) is 5.69 Å². The average molecular weight is 409 g/mol. The van der Waals surface area contributed by atoms with E-state index in [0.717, 1.165) is 33.3 Å². The van der Waals surface area contributed by atoms with Gasteiger partial charge in [0.25, 0.3) is 5.91 Å². The first-order chi connectivity index (χ1) is 14.1. The zero-order valence-corrected chi connectivity index (χ0v) is 17.3. The summed E-state index contributed by atoms with van der Waals surface area (Å²) >= 11 is 1.66. The third kappa shape index (κ3) is 6.62. The van der Waals surface area contributed by atoms with Crippen molar-refractivity contribution in [2.75, 3.05) is 12.4 Å². The van der Waals surface area contributed by atoms with Crippen molar-refractivity contribution in [2.24, 2.45) is 0 Å². The summed E-state index contributed by atoms with van der Waals surface area (Å²) in [5, 5.41) is 3.90. The molecule has 1 heterocycles. The molecular formula is C23H24N2O3S. The monoisotopic (exact) mass is 408 g/mol. The number of ether oxygens (including phenoxy) is 2. The smallest absolute Gasteiger partial charge is 0.253 e. The molecule has 29 heavy (non-hydrogen) atoms. The number of carbonyl (C=O) groups excluding carboxylic acids is 1. The molecule has 0 bridgehead atoms. The second-order valence-corrected chi connectivity index (χ2v) is 7.45. The number of rotatable bonds is 9. The molecule has 2 aromatic carbocycles. The van der Waals surface area contributed by atoms with E-state index in [1.54, 1.807) is 32.0 Å². The van der Waals surface area contributed by atoms with E-state index in [1.807, 2.05) is 66.7 Å². The van der Waals surface area contributed by atoms with Crippen LogP contribution >= 0.6 is 11.8 Å². The van der Waals surface area contributed by atoms with E-state index in [-0.39, 0.29) is 5.91 Å². The Labute approximate surface area is 175 Å². The van der Waals surface area contributed by atoms with Crippen molar-refractivity contribution < 1.29 is 14.3 Å². The molecule has 0 aliphatic carbocycles. The van der Waals surface area contributed by atoms with Gasteiger partial charge in [0.15, 0.2) is 0 Å². The van der Waals surface area contributed by atoms with Crippen LogP contribution in [0.5, 0.6) is 5.75 Å². The molecule has 5 nitrogen and oxygen atoms in total. The van der Waals surface area contributed by atoms with Crippen LogP contribution in [0.25, 0.3) is 0 Å². The summed E-state index contributed by atoms with van der Waals surface area (Å²) in [5.74, 6) is 1.37. The maximum Gasteiger partial charge on any atom is 0.253 e. The van der Waals surface area contributed by atoms with Gasteiger partial charge in [-0.05, 0) is 54.4 Å². The SMILES string of the molecule is COc1cccc(COC(C)C(=O)Nc2cccc(CSc3ccccn3)c2)c1. The highest BCUT2D eigenvalue weighted by Crippen LogP contribution is 2.22. The quantitative estimate of drug-likeness (QED) is 0.509. The molecule has 1 atom stereocenters. The summed E-state index contributed by atoms with van der Waals surface area (Å²) in [6, 6.07) is 21.3. The molecule has 0 radical (unpaired) electrons. The number of hydrogen-bond acceptors (Lipinski definition) is 5. The number of nitrogens with one attached hydrogen (secondary N) is 1. The summed E-state index contributed by atoms with van der Waals surface area (Å²) in [7, 11) is 1.62. The molecule has 3 aromatic rings. The third-order valence-electron chi connectivity index (χ3n) is 4.22. The first kappa shape index (κ1) is 20.9. The number of carbonyl (C=O) groups is 1. The van der Waals surface area contributed by atoms with Crippen molar-refractivity contribution in [3.8, 4) is 5.75 Å². The van der Waals surface area contributed by atoms with E-state index < -0.39 is 6.10 Å². The Balaban J connectivity index is 1.51. The lowest BCUT2D eigenvalue weighted by Gasteiger charge is -2.14. The van der Waals surface area contributed by atoms with Crippen LogP contribution < -0.4 is 10.1 Å². The fraction of sp³-hybridized carbons (Fsp3) is 0.217. The van der Waals surface area contributed by atoms with Crippen molar-refractivity contribution in [2.45, 2.75) is 30.4 Å². The van der Waals surface area contributed by atoms with E-state index >= 15 is 0 Å². The number of aromatic nitrogens is 1. The molecule has 1 N–H and O–H groups in total. The Morgan fingerprint density at radius 3 is 2.69 bits per heavy atom. The topological polar surface area (TPSA) is 60.5 Å². The molecule has 0 aliphatic heterocycles. The first-order valence-electron chi connectivity index (χ1n) is 9.32. The van der Waals surface area contributed by atoms with Gasteiger partial charge in [-0.1, -0.05) is 30.3 Å². The van der Waals surface area contributed by atoms with Gasteiger partial charge in [0.05, 0.1) is 18.7 Å². The van der Waals surface area contributed by atoms with Crippen LogP contribution in [0.15, 0.2) is 78.0 Å². The maximum absolute atomic E-state index is 12.5. The van der Waals surface area contributed by atoms with Gasteiger partial charge in [-0.25, -0.2) is 4.98 Å². The summed E-state index contributed by atoms with van der Waals surface area (Å²) in [4.78, 5) is 16.8. The van der Waals surface area contributed by atoms with Gasteiger partial charge < -0.3 is 14.8 Å². The Kier molecular flexibility index (Phi) is 7.67. The minimum atomic E-state index is -0.576. The van der Waals surface area contributed by atoms with E-state index in [4.69, 9.17) is 9.47 Å². The van der Waals surface area contributed by atoms with Crippen molar-refractivity contribution in [1.29, 1.82) is 0 Å². The lowest BCUT2D eigenvalue weighted by atomic mass is 10.2. The molecule has 1 unspecified atom stereocenters. The normalized spacial score (nSPS) is 11.7. The van der Waals surface area contributed by atoms with Crippen molar-refractivity contribution >= 4 is 23.4 Å². The fourth-order valence-electron chi connectivity index (χ4n) is 2.63. The summed E-state index contributed by atoms with van der Waals surface area (Å²) < 4.78 is 10.9. The molecular weight excluding hydrogens is 384 g/mol. The number of methoxy groups -OCH3 is 1. The number of nitrogens with zero attached hydrogens (tertiary/aromatic N) is 1. The minimum Gasteiger partial charge on any atom is -0.497 e. The highest BCUT2D eigenvalue weighted by atomic mass is 32.2. The Morgan fingerprint density at radius 2 is 1.90 bits per heavy atom. The summed E-state index contributed by atoms with van der Waals surface area (Å²) in [6.45, 7) is 2.09.